The van der Waals surface area contributed by atoms with Crippen molar-refractivity contribution >= 4 is 55.4 Å². The van der Waals surface area contributed by atoms with Gasteiger partial charge < -0.3 is 9.13 Å². The minimum absolute atomic E-state index is 0.644. The zero-order valence-electron chi connectivity index (χ0n) is 29.6. The Morgan fingerprint density at radius 1 is 0.446 bits per heavy atom. The summed E-state index contributed by atoms with van der Waals surface area (Å²) in [6, 6.07) is 55.7. The Morgan fingerprint density at radius 3 is 1.39 bits per heavy atom. The van der Waals surface area contributed by atoms with Crippen molar-refractivity contribution in [1.82, 2.24) is 19.1 Å². The first-order valence-electron chi connectivity index (χ1n) is 18.4. The molecule has 0 saturated carbocycles. The summed E-state index contributed by atoms with van der Waals surface area (Å²) in [7, 11) is 0. The topological polar surface area (TPSA) is 83.2 Å². The van der Waals surface area contributed by atoms with Crippen LogP contribution in [0.4, 0.5) is 0 Å². The van der Waals surface area contributed by atoms with E-state index >= 15 is 0 Å². The second kappa shape index (κ2) is 11.3. The van der Waals surface area contributed by atoms with Crippen LogP contribution in [0.3, 0.4) is 0 Å². The van der Waals surface area contributed by atoms with Crippen molar-refractivity contribution in [2.45, 2.75) is 15.2 Å². The van der Waals surface area contributed by atoms with E-state index in [9.17, 15) is 10.5 Å². The van der Waals surface area contributed by atoms with E-state index in [0.29, 0.717) is 11.1 Å². The highest BCUT2D eigenvalue weighted by Crippen LogP contribution is 2.61. The summed E-state index contributed by atoms with van der Waals surface area (Å²) < 4.78 is 4.64. The molecular formula is C49H26N6S. The van der Waals surface area contributed by atoms with Crippen LogP contribution in [0.15, 0.2) is 168 Å². The van der Waals surface area contributed by atoms with Crippen LogP contribution in [0.2, 0.25) is 0 Å². The van der Waals surface area contributed by atoms with Gasteiger partial charge in [-0.05, 0) is 107 Å². The molecule has 0 N–H and O–H groups in total. The molecule has 12 rings (SSSR count). The minimum Gasteiger partial charge on any atom is -0.309 e. The fraction of sp³-hybridized carbons (Fsp3) is 0.0204. The van der Waals surface area contributed by atoms with Crippen LogP contribution in [-0.2, 0) is 5.41 Å². The molecular weight excluding hydrogens is 705 g/mol. The van der Waals surface area contributed by atoms with Crippen molar-refractivity contribution in [2.24, 2.45) is 0 Å². The highest BCUT2D eigenvalue weighted by molar-refractivity contribution is 7.99. The van der Waals surface area contributed by atoms with Gasteiger partial charge in [-0.2, -0.15) is 10.5 Å². The maximum Gasteiger partial charge on any atom is 0.0991 e. The maximum absolute atomic E-state index is 9.77. The van der Waals surface area contributed by atoms with Gasteiger partial charge in [-0.1, -0.05) is 72.4 Å². The Bertz CT molecular complexity index is 3220. The lowest BCUT2D eigenvalue weighted by Gasteiger charge is -2.39. The number of para-hydroxylation sites is 2. The van der Waals surface area contributed by atoms with E-state index in [1.165, 1.54) is 11.1 Å². The van der Waals surface area contributed by atoms with Crippen molar-refractivity contribution in [2.75, 3.05) is 0 Å². The first kappa shape index (κ1) is 31.0. The fourth-order valence-corrected chi connectivity index (χ4v) is 10.8. The molecule has 10 aromatic rings. The zero-order chi connectivity index (χ0) is 37.1. The van der Waals surface area contributed by atoms with Gasteiger partial charge in [0.05, 0.1) is 62.1 Å². The predicted molar refractivity (Wildman–Crippen MR) is 222 cm³/mol. The van der Waals surface area contributed by atoms with Crippen molar-refractivity contribution in [3.63, 3.8) is 0 Å². The quantitative estimate of drug-likeness (QED) is 0.177. The summed E-state index contributed by atoms with van der Waals surface area (Å²) in [6.07, 6.45) is 3.73. The smallest absolute Gasteiger partial charge is 0.0991 e. The molecule has 258 valence electrons. The molecule has 1 aliphatic carbocycles. The molecule has 0 atom stereocenters. The molecule has 0 unspecified atom stereocenters. The number of nitriles is 2. The summed E-state index contributed by atoms with van der Waals surface area (Å²) in [6.45, 7) is 0. The molecule has 2 aliphatic rings. The SMILES string of the molecule is N#Cc1ccc2c(c1)c1ccccc1n2-c1ccc2c(c1)Sc1cc(-n3c4ccccc4c4cc(C#N)ccc43)ccc1C21c2cccnc2-c2ncccc21. The predicted octanol–water partition coefficient (Wildman–Crippen LogP) is 11.2. The Hall–Kier alpha value is -7.45. The number of hydrogen-bond acceptors (Lipinski definition) is 5. The number of rotatable bonds is 2. The minimum atomic E-state index is -0.648. The van der Waals surface area contributed by atoms with Gasteiger partial charge in [0.1, 0.15) is 0 Å². The number of pyridine rings is 2. The molecule has 1 spiro atoms. The van der Waals surface area contributed by atoms with Crippen molar-refractivity contribution < 1.29 is 0 Å². The van der Waals surface area contributed by atoms with Crippen LogP contribution in [0.25, 0.3) is 66.4 Å². The third-order valence-corrected chi connectivity index (χ3v) is 12.8. The van der Waals surface area contributed by atoms with Gasteiger partial charge in [-0.3, -0.25) is 9.97 Å². The summed E-state index contributed by atoms with van der Waals surface area (Å²) in [5, 5.41) is 23.9. The monoisotopic (exact) mass is 730 g/mol. The molecule has 0 saturated heterocycles. The molecule has 7 heteroatoms. The summed E-state index contributed by atoms with van der Waals surface area (Å²) in [5.41, 5.74) is 13.5. The molecule has 4 aromatic heterocycles. The van der Waals surface area contributed by atoms with Crippen LogP contribution in [0, 0.1) is 22.7 Å². The van der Waals surface area contributed by atoms with E-state index in [1.807, 2.05) is 48.8 Å². The van der Waals surface area contributed by atoms with Gasteiger partial charge in [0.25, 0.3) is 0 Å². The average molecular weight is 731 g/mol. The third kappa shape index (κ3) is 3.94. The second-order valence-electron chi connectivity index (χ2n) is 14.4. The van der Waals surface area contributed by atoms with E-state index in [0.717, 1.165) is 87.3 Å². The van der Waals surface area contributed by atoms with Gasteiger partial charge in [0.15, 0.2) is 0 Å². The Morgan fingerprint density at radius 2 is 0.911 bits per heavy atom. The lowest BCUT2D eigenvalue weighted by atomic mass is 9.67. The lowest BCUT2D eigenvalue weighted by molar-refractivity contribution is 0.718. The van der Waals surface area contributed by atoms with Crippen LogP contribution >= 0.6 is 11.8 Å². The molecule has 6 nitrogen and oxygen atoms in total. The van der Waals surface area contributed by atoms with Crippen LogP contribution < -0.4 is 0 Å². The molecule has 1 aliphatic heterocycles. The summed E-state index contributed by atoms with van der Waals surface area (Å²) in [4.78, 5) is 12.2. The van der Waals surface area contributed by atoms with E-state index in [-0.39, 0.29) is 0 Å². The van der Waals surface area contributed by atoms with E-state index < -0.39 is 5.41 Å². The van der Waals surface area contributed by atoms with Gasteiger partial charge in [-0.15, -0.1) is 0 Å². The number of hydrogen-bond donors (Lipinski definition) is 0. The highest BCUT2D eigenvalue weighted by Gasteiger charge is 2.51. The van der Waals surface area contributed by atoms with Crippen LogP contribution in [0.5, 0.6) is 0 Å². The van der Waals surface area contributed by atoms with Crippen LogP contribution in [-0.4, -0.2) is 19.1 Å². The van der Waals surface area contributed by atoms with Gasteiger partial charge in [0, 0.05) is 55.1 Å². The second-order valence-corrected chi connectivity index (χ2v) is 15.5. The highest BCUT2D eigenvalue weighted by atomic mass is 32.2. The first-order chi connectivity index (χ1) is 27.7. The van der Waals surface area contributed by atoms with Gasteiger partial charge in [-0.25, -0.2) is 0 Å². The Kier molecular flexibility index (Phi) is 6.24. The van der Waals surface area contributed by atoms with E-state index in [4.69, 9.17) is 9.97 Å². The molecule has 5 heterocycles. The van der Waals surface area contributed by atoms with Crippen molar-refractivity contribution in [3.8, 4) is 34.9 Å². The molecule has 0 bridgehead atoms. The molecule has 56 heavy (non-hydrogen) atoms. The standard InChI is InChI=1S/C49H26N6S/c50-27-29-13-19-43-35(23-29)33-7-1-3-11-41(33)54(43)31-15-17-37-45(25-31)56-46-26-32(55-42-12-4-2-8-34(42)36-24-30(28-51)14-20-44(36)55)16-18-38(46)49(37)39-9-5-21-52-47(39)48-40(49)10-6-22-53-48/h1-26H. The van der Waals surface area contributed by atoms with Crippen molar-refractivity contribution in [3.05, 3.63) is 191 Å². The third-order valence-electron chi connectivity index (χ3n) is 11.7. The summed E-state index contributed by atoms with van der Waals surface area (Å²) >= 11 is 1.80. The lowest BCUT2D eigenvalue weighted by Crippen LogP contribution is -2.32. The zero-order valence-corrected chi connectivity index (χ0v) is 30.4. The van der Waals surface area contributed by atoms with E-state index in [2.05, 4.69) is 130 Å². The largest absolute Gasteiger partial charge is 0.309 e. The van der Waals surface area contributed by atoms with E-state index in [1.54, 1.807) is 11.8 Å². The molecule has 0 fully saturated rings. The molecule has 0 amide bonds. The summed E-state index contributed by atoms with van der Waals surface area (Å²) in [5.74, 6) is 0. The Labute approximate surface area is 325 Å². The Balaban J connectivity index is 1.15. The van der Waals surface area contributed by atoms with Gasteiger partial charge in [0.2, 0.25) is 0 Å². The fourth-order valence-electron chi connectivity index (χ4n) is 9.51. The average Bonchev–Trinajstić information content (AvgIpc) is 3.87. The number of fused-ring (bicyclic) bond motifs is 15. The van der Waals surface area contributed by atoms with Crippen molar-refractivity contribution in [1.29, 1.82) is 10.5 Å². The molecule has 6 aromatic carbocycles. The number of benzene rings is 6. The molecule has 0 radical (unpaired) electrons. The van der Waals surface area contributed by atoms with Gasteiger partial charge >= 0.3 is 0 Å². The first-order valence-corrected chi connectivity index (χ1v) is 19.2. The maximum atomic E-state index is 9.77. The van der Waals surface area contributed by atoms with Crippen LogP contribution in [0.1, 0.15) is 33.4 Å². The normalized spacial score (nSPS) is 13.4. The number of aromatic nitrogens is 4. The number of nitrogens with zero attached hydrogens (tertiary/aromatic N) is 6.